The zero-order valence-corrected chi connectivity index (χ0v) is 9.58. The van der Waals surface area contributed by atoms with E-state index >= 15 is 0 Å². The van der Waals surface area contributed by atoms with E-state index in [1.54, 1.807) is 4.90 Å². The summed E-state index contributed by atoms with van der Waals surface area (Å²) in [4.78, 5) is 13.5. The van der Waals surface area contributed by atoms with Gasteiger partial charge in [-0.2, -0.15) is 0 Å². The fourth-order valence-corrected chi connectivity index (χ4v) is 1.36. The molecule has 1 amide bonds. The highest BCUT2D eigenvalue weighted by atomic mass is 16.3. The fraction of sp³-hybridized carbons (Fsp3) is 0.900. The average molecular weight is 202 g/mol. The van der Waals surface area contributed by atoms with Gasteiger partial charge in [0.15, 0.2) is 0 Å². The molecule has 84 valence electrons. The van der Waals surface area contributed by atoms with Crippen LogP contribution in [0.2, 0.25) is 0 Å². The molecular formula is C10H22N2O2. The zero-order valence-electron chi connectivity index (χ0n) is 9.58. The van der Waals surface area contributed by atoms with Crippen LogP contribution in [-0.2, 0) is 4.79 Å². The van der Waals surface area contributed by atoms with Crippen LogP contribution in [0.4, 0.5) is 0 Å². The minimum absolute atomic E-state index is 0.0375. The normalized spacial score (nSPS) is 14.9. The van der Waals surface area contributed by atoms with Gasteiger partial charge in [0.25, 0.3) is 0 Å². The van der Waals surface area contributed by atoms with Crippen LogP contribution in [0.3, 0.4) is 0 Å². The van der Waals surface area contributed by atoms with E-state index in [9.17, 15) is 4.79 Å². The molecule has 4 nitrogen and oxygen atoms in total. The Balaban J connectivity index is 4.09. The van der Waals surface area contributed by atoms with E-state index in [-0.39, 0.29) is 24.6 Å². The van der Waals surface area contributed by atoms with Crippen molar-refractivity contribution in [3.63, 3.8) is 0 Å². The molecule has 14 heavy (non-hydrogen) atoms. The van der Waals surface area contributed by atoms with Gasteiger partial charge in [-0.3, -0.25) is 4.79 Å². The van der Waals surface area contributed by atoms with Gasteiger partial charge in [0.1, 0.15) is 0 Å². The van der Waals surface area contributed by atoms with Crippen molar-refractivity contribution in [2.75, 3.05) is 19.7 Å². The molecule has 0 saturated heterocycles. The van der Waals surface area contributed by atoms with Crippen molar-refractivity contribution < 1.29 is 9.90 Å². The van der Waals surface area contributed by atoms with E-state index in [2.05, 4.69) is 5.32 Å². The lowest BCUT2D eigenvalue weighted by atomic mass is 10.2. The van der Waals surface area contributed by atoms with Crippen LogP contribution in [0, 0.1) is 0 Å². The van der Waals surface area contributed by atoms with Crippen molar-refractivity contribution in [2.24, 2.45) is 0 Å². The maximum absolute atomic E-state index is 11.7. The number of likely N-dealkylation sites (N-methyl/N-ethyl adjacent to an activating group) is 1. The summed E-state index contributed by atoms with van der Waals surface area (Å²) in [5.41, 5.74) is 0. The lowest BCUT2D eigenvalue weighted by Crippen LogP contribution is -2.48. The number of nitrogens with zero attached hydrogens (tertiary/aromatic N) is 1. The quantitative estimate of drug-likeness (QED) is 0.647. The molecule has 0 fully saturated rings. The van der Waals surface area contributed by atoms with Crippen LogP contribution in [0.15, 0.2) is 0 Å². The predicted molar refractivity (Wildman–Crippen MR) is 57.1 cm³/mol. The van der Waals surface area contributed by atoms with Gasteiger partial charge in [0.05, 0.1) is 12.6 Å². The average Bonchev–Trinajstić information content (AvgIpc) is 2.19. The van der Waals surface area contributed by atoms with Gasteiger partial charge < -0.3 is 15.3 Å². The van der Waals surface area contributed by atoms with Crippen molar-refractivity contribution in [3.05, 3.63) is 0 Å². The molecule has 0 aliphatic rings. The number of aliphatic hydroxyl groups is 1. The summed E-state index contributed by atoms with van der Waals surface area (Å²) in [5.74, 6) is 0.0929. The molecule has 0 aromatic rings. The van der Waals surface area contributed by atoms with Crippen LogP contribution in [0.5, 0.6) is 0 Å². The Morgan fingerprint density at radius 1 is 1.36 bits per heavy atom. The molecule has 0 aliphatic carbocycles. The summed E-state index contributed by atoms with van der Waals surface area (Å²) < 4.78 is 0. The third-order valence-electron chi connectivity index (χ3n) is 2.25. The molecule has 0 spiro atoms. The van der Waals surface area contributed by atoms with Gasteiger partial charge in [0.2, 0.25) is 5.91 Å². The molecule has 0 saturated carbocycles. The summed E-state index contributed by atoms with van der Waals surface area (Å²) in [6, 6.07) is -0.262. The van der Waals surface area contributed by atoms with Crippen molar-refractivity contribution >= 4 is 5.91 Å². The Kier molecular flexibility index (Phi) is 6.49. The first-order valence-corrected chi connectivity index (χ1v) is 5.22. The van der Waals surface area contributed by atoms with Crippen LogP contribution < -0.4 is 5.32 Å². The topological polar surface area (TPSA) is 52.6 Å². The monoisotopic (exact) mass is 202 g/mol. The highest BCUT2D eigenvalue weighted by molar-refractivity contribution is 5.81. The Hall–Kier alpha value is -0.610. The third-order valence-corrected chi connectivity index (χ3v) is 2.25. The first-order chi connectivity index (χ1) is 6.56. The molecule has 0 radical (unpaired) electrons. The van der Waals surface area contributed by atoms with Gasteiger partial charge in [-0.05, 0) is 27.7 Å². The Morgan fingerprint density at radius 2 is 1.86 bits per heavy atom. The Morgan fingerprint density at radius 3 is 2.21 bits per heavy atom. The number of aliphatic hydroxyl groups excluding tert-OH is 1. The van der Waals surface area contributed by atoms with E-state index in [0.29, 0.717) is 0 Å². The van der Waals surface area contributed by atoms with E-state index < -0.39 is 0 Å². The Labute approximate surface area is 86.3 Å². The number of hydrogen-bond donors (Lipinski definition) is 2. The van der Waals surface area contributed by atoms with Gasteiger partial charge in [0, 0.05) is 19.1 Å². The van der Waals surface area contributed by atoms with Crippen molar-refractivity contribution in [1.82, 2.24) is 10.2 Å². The molecule has 0 aliphatic heterocycles. The maximum atomic E-state index is 11.7. The molecule has 0 bridgehead atoms. The van der Waals surface area contributed by atoms with Crippen LogP contribution in [-0.4, -0.2) is 47.7 Å². The van der Waals surface area contributed by atoms with Gasteiger partial charge >= 0.3 is 0 Å². The molecule has 2 atom stereocenters. The molecule has 0 heterocycles. The van der Waals surface area contributed by atoms with Crippen molar-refractivity contribution in [2.45, 2.75) is 39.8 Å². The molecule has 4 heteroatoms. The van der Waals surface area contributed by atoms with E-state index in [0.717, 1.165) is 13.1 Å². The van der Waals surface area contributed by atoms with E-state index in [1.165, 1.54) is 0 Å². The molecule has 2 N–H and O–H groups in total. The largest absolute Gasteiger partial charge is 0.395 e. The third kappa shape index (κ3) is 4.07. The van der Waals surface area contributed by atoms with Crippen molar-refractivity contribution in [3.8, 4) is 0 Å². The molecule has 0 aromatic carbocycles. The minimum atomic E-state index is -0.225. The molecule has 0 aromatic heterocycles. The van der Waals surface area contributed by atoms with Crippen LogP contribution in [0.25, 0.3) is 0 Å². The first kappa shape index (κ1) is 13.4. The lowest BCUT2D eigenvalue weighted by molar-refractivity contribution is -0.132. The summed E-state index contributed by atoms with van der Waals surface area (Å²) in [6.07, 6.45) is 0. The number of carbonyl (C=O) groups excluding carboxylic acids is 1. The van der Waals surface area contributed by atoms with Crippen molar-refractivity contribution in [1.29, 1.82) is 0 Å². The standard InChI is InChI=1S/C10H22N2O2/c1-5-12(6-2)10(14)9(4)11-8(3)7-13/h8-9,11,13H,5-7H2,1-4H3. The highest BCUT2D eigenvalue weighted by Crippen LogP contribution is 1.96. The highest BCUT2D eigenvalue weighted by Gasteiger charge is 2.18. The maximum Gasteiger partial charge on any atom is 0.239 e. The minimum Gasteiger partial charge on any atom is -0.395 e. The summed E-state index contributed by atoms with van der Waals surface area (Å²) in [7, 11) is 0. The number of amides is 1. The predicted octanol–water partition coefficient (Wildman–Crippen LogP) is 0.214. The summed E-state index contributed by atoms with van der Waals surface area (Å²) >= 11 is 0. The summed E-state index contributed by atoms with van der Waals surface area (Å²) in [5, 5.41) is 11.9. The molecule has 2 unspecified atom stereocenters. The van der Waals surface area contributed by atoms with Gasteiger partial charge in [-0.1, -0.05) is 0 Å². The number of nitrogens with one attached hydrogen (secondary N) is 1. The number of hydrogen-bond acceptors (Lipinski definition) is 3. The second kappa shape index (κ2) is 6.79. The van der Waals surface area contributed by atoms with E-state index in [1.807, 2.05) is 27.7 Å². The number of carbonyl (C=O) groups is 1. The summed E-state index contributed by atoms with van der Waals surface area (Å²) in [6.45, 7) is 9.12. The Bertz CT molecular complexity index is 170. The molecule has 0 rings (SSSR count). The first-order valence-electron chi connectivity index (χ1n) is 5.22. The SMILES string of the molecule is CCN(CC)C(=O)C(C)NC(C)CO. The second-order valence-corrected chi connectivity index (χ2v) is 3.48. The van der Waals surface area contributed by atoms with Crippen LogP contribution in [0.1, 0.15) is 27.7 Å². The smallest absolute Gasteiger partial charge is 0.239 e. The second-order valence-electron chi connectivity index (χ2n) is 3.48. The molecular weight excluding hydrogens is 180 g/mol. The van der Waals surface area contributed by atoms with Crippen LogP contribution >= 0.6 is 0 Å². The fourth-order valence-electron chi connectivity index (χ4n) is 1.36. The number of rotatable bonds is 6. The van der Waals surface area contributed by atoms with Gasteiger partial charge in [-0.25, -0.2) is 0 Å². The van der Waals surface area contributed by atoms with E-state index in [4.69, 9.17) is 5.11 Å². The van der Waals surface area contributed by atoms with Gasteiger partial charge in [-0.15, -0.1) is 0 Å². The zero-order chi connectivity index (χ0) is 11.1. The lowest BCUT2D eigenvalue weighted by Gasteiger charge is -2.25.